The summed E-state index contributed by atoms with van der Waals surface area (Å²) in [5, 5.41) is 3.92. The van der Waals surface area contributed by atoms with Crippen molar-refractivity contribution in [1.29, 1.82) is 0 Å². The zero-order valence-corrected chi connectivity index (χ0v) is 17.1. The fourth-order valence-electron chi connectivity index (χ4n) is 5.75. The fraction of sp³-hybridized carbons (Fsp3) is 0.714. The van der Waals surface area contributed by atoms with Crippen molar-refractivity contribution in [1.82, 2.24) is 5.32 Å². The van der Waals surface area contributed by atoms with Crippen LogP contribution in [-0.2, 0) is 6.54 Å². The summed E-state index contributed by atoms with van der Waals surface area (Å²) in [7, 11) is 1.71. The van der Waals surface area contributed by atoms with Crippen LogP contribution in [0.1, 0.15) is 51.5 Å². The monoisotopic (exact) mass is 407 g/mol. The number of methoxy groups -OCH3 is 1. The van der Waals surface area contributed by atoms with Crippen LogP contribution < -0.4 is 14.8 Å². The van der Waals surface area contributed by atoms with E-state index in [-0.39, 0.29) is 6.10 Å². The molecule has 4 fully saturated rings. The number of rotatable bonds is 6. The van der Waals surface area contributed by atoms with Gasteiger partial charge in [0.25, 0.3) is 0 Å². The van der Waals surface area contributed by atoms with Crippen LogP contribution in [0.3, 0.4) is 0 Å². The highest BCUT2D eigenvalue weighted by Crippen LogP contribution is 2.53. The molecule has 0 saturated heterocycles. The number of hydrogen-bond donors (Lipinski definition) is 1. The maximum absolute atomic E-state index is 6.11. The first-order valence-electron chi connectivity index (χ1n) is 9.80. The lowest BCUT2D eigenvalue weighted by atomic mass is 9.54. The zero-order valence-electron chi connectivity index (χ0n) is 15.6. The van der Waals surface area contributed by atoms with Gasteiger partial charge in [-0.2, -0.15) is 0 Å². The number of halogens is 1. The Morgan fingerprint density at radius 2 is 1.72 bits per heavy atom. The minimum absolute atomic E-state index is 0.128. The molecule has 0 heterocycles. The van der Waals surface area contributed by atoms with Crippen molar-refractivity contribution in [2.45, 2.75) is 64.6 Å². The van der Waals surface area contributed by atoms with Gasteiger partial charge in [0.15, 0.2) is 11.5 Å². The Labute approximate surface area is 160 Å². The van der Waals surface area contributed by atoms with Crippen LogP contribution in [0.4, 0.5) is 0 Å². The van der Waals surface area contributed by atoms with E-state index in [2.05, 4.69) is 41.2 Å². The normalized spacial score (nSPS) is 33.1. The molecule has 4 heteroatoms. The second-order valence-corrected chi connectivity index (χ2v) is 9.42. The Morgan fingerprint density at radius 3 is 2.28 bits per heavy atom. The van der Waals surface area contributed by atoms with E-state index in [4.69, 9.17) is 9.47 Å². The molecule has 1 aromatic rings. The van der Waals surface area contributed by atoms with E-state index in [1.54, 1.807) is 7.11 Å². The maximum atomic E-state index is 6.11. The molecular weight excluding hydrogens is 378 g/mol. The molecule has 0 atom stereocenters. The lowest BCUT2D eigenvalue weighted by Crippen LogP contribution is -2.54. The fourth-order valence-corrected chi connectivity index (χ4v) is 6.20. The van der Waals surface area contributed by atoms with Gasteiger partial charge in [-0.3, -0.25) is 0 Å². The van der Waals surface area contributed by atoms with Crippen molar-refractivity contribution in [3.63, 3.8) is 0 Å². The van der Waals surface area contributed by atoms with E-state index < -0.39 is 0 Å². The van der Waals surface area contributed by atoms with Gasteiger partial charge in [-0.05, 0) is 81.8 Å². The van der Waals surface area contributed by atoms with Gasteiger partial charge in [-0.15, -0.1) is 0 Å². The third-order valence-corrected chi connectivity index (χ3v) is 7.22. The first-order valence-corrected chi connectivity index (χ1v) is 10.6. The summed E-state index contributed by atoms with van der Waals surface area (Å²) in [6.45, 7) is 4.97. The van der Waals surface area contributed by atoms with Gasteiger partial charge in [0, 0.05) is 22.6 Å². The van der Waals surface area contributed by atoms with E-state index in [0.29, 0.717) is 6.04 Å². The molecule has 0 aliphatic heterocycles. The predicted molar refractivity (Wildman–Crippen MR) is 104 cm³/mol. The van der Waals surface area contributed by atoms with E-state index >= 15 is 0 Å². The zero-order chi connectivity index (χ0) is 17.6. The Hall–Kier alpha value is -0.740. The Morgan fingerprint density at radius 1 is 1.08 bits per heavy atom. The summed E-state index contributed by atoms with van der Waals surface area (Å²) in [5.41, 5.74) is 1.18. The third-order valence-electron chi connectivity index (χ3n) is 6.48. The molecule has 4 saturated carbocycles. The summed E-state index contributed by atoms with van der Waals surface area (Å²) in [6.07, 6.45) is 7.41. The molecule has 0 amide bonds. The molecule has 4 bridgehead atoms. The van der Waals surface area contributed by atoms with Crippen molar-refractivity contribution in [3.8, 4) is 11.5 Å². The molecule has 3 nitrogen and oxygen atoms in total. The number of hydrogen-bond acceptors (Lipinski definition) is 3. The summed E-state index contributed by atoms with van der Waals surface area (Å²) in [6, 6.07) is 4.73. The number of ether oxygens (including phenoxy) is 2. The van der Waals surface area contributed by atoms with Crippen LogP contribution in [0.2, 0.25) is 0 Å². The lowest BCUT2D eigenvalue weighted by molar-refractivity contribution is -0.0143. The Balaban J connectivity index is 1.52. The first-order chi connectivity index (χ1) is 12.0. The van der Waals surface area contributed by atoms with Crippen LogP contribution in [0.25, 0.3) is 0 Å². The van der Waals surface area contributed by atoms with Crippen LogP contribution in [0, 0.1) is 23.7 Å². The first kappa shape index (κ1) is 17.7. The summed E-state index contributed by atoms with van der Waals surface area (Å²) in [5.74, 6) is 5.50. The van der Waals surface area contributed by atoms with Crippen LogP contribution in [-0.4, -0.2) is 19.3 Å². The van der Waals surface area contributed by atoms with E-state index in [9.17, 15) is 0 Å². The van der Waals surface area contributed by atoms with Crippen LogP contribution in [0.15, 0.2) is 16.6 Å². The van der Waals surface area contributed by atoms with Crippen LogP contribution in [0.5, 0.6) is 11.5 Å². The Kier molecular flexibility index (Phi) is 5.02. The SMILES string of the molecule is COc1ccc(Br)c(CNC2C3CC4CC(C3)CC2C4)c1OC(C)C. The predicted octanol–water partition coefficient (Wildman–Crippen LogP) is 5.16. The van der Waals surface area contributed by atoms with Crippen LogP contribution >= 0.6 is 15.9 Å². The molecule has 4 aliphatic rings. The van der Waals surface area contributed by atoms with Crippen molar-refractivity contribution < 1.29 is 9.47 Å². The van der Waals surface area contributed by atoms with Gasteiger partial charge >= 0.3 is 0 Å². The molecule has 0 radical (unpaired) electrons. The lowest BCUT2D eigenvalue weighted by Gasteiger charge is -2.54. The molecule has 0 unspecified atom stereocenters. The van der Waals surface area contributed by atoms with Crippen molar-refractivity contribution in [2.24, 2.45) is 23.7 Å². The molecule has 0 spiro atoms. The molecule has 25 heavy (non-hydrogen) atoms. The Bertz CT molecular complexity index is 603. The van der Waals surface area contributed by atoms with E-state index in [0.717, 1.165) is 46.2 Å². The smallest absolute Gasteiger partial charge is 0.167 e. The average Bonchev–Trinajstić information content (AvgIpc) is 2.55. The minimum Gasteiger partial charge on any atom is -0.493 e. The van der Waals surface area contributed by atoms with Gasteiger partial charge in [-0.1, -0.05) is 15.9 Å². The van der Waals surface area contributed by atoms with Gasteiger partial charge in [0.2, 0.25) is 0 Å². The highest BCUT2D eigenvalue weighted by molar-refractivity contribution is 9.10. The molecule has 138 valence electrons. The standard InChI is InChI=1S/C21H30BrNO2/c1-12(2)25-21-17(18(22)4-5-19(21)24-3)11-23-20-15-7-13-6-14(9-15)10-16(20)8-13/h4-5,12-16,20,23H,6-11H2,1-3H3. The third kappa shape index (κ3) is 3.44. The van der Waals surface area contributed by atoms with Gasteiger partial charge < -0.3 is 14.8 Å². The van der Waals surface area contributed by atoms with Gasteiger partial charge in [0.1, 0.15) is 0 Å². The summed E-state index contributed by atoms with van der Waals surface area (Å²) >= 11 is 3.73. The van der Waals surface area contributed by atoms with Crippen molar-refractivity contribution >= 4 is 15.9 Å². The summed E-state index contributed by atoms with van der Waals surface area (Å²) < 4.78 is 12.8. The molecule has 1 N–H and O–H groups in total. The second kappa shape index (κ2) is 7.11. The maximum Gasteiger partial charge on any atom is 0.167 e. The minimum atomic E-state index is 0.128. The van der Waals surface area contributed by atoms with Gasteiger partial charge in [0.05, 0.1) is 13.2 Å². The van der Waals surface area contributed by atoms with Gasteiger partial charge in [-0.25, -0.2) is 0 Å². The average molecular weight is 408 g/mol. The van der Waals surface area contributed by atoms with E-state index in [1.165, 1.54) is 37.7 Å². The van der Waals surface area contributed by atoms with Crippen molar-refractivity contribution in [3.05, 3.63) is 22.2 Å². The highest BCUT2D eigenvalue weighted by Gasteiger charge is 2.47. The molecule has 5 rings (SSSR count). The molecular formula is C21H30BrNO2. The quantitative estimate of drug-likeness (QED) is 0.706. The number of nitrogens with one attached hydrogen (secondary N) is 1. The second-order valence-electron chi connectivity index (χ2n) is 8.56. The van der Waals surface area contributed by atoms with E-state index in [1.807, 2.05) is 6.07 Å². The molecule has 1 aromatic carbocycles. The highest BCUT2D eigenvalue weighted by atomic mass is 79.9. The topological polar surface area (TPSA) is 30.5 Å². The summed E-state index contributed by atoms with van der Waals surface area (Å²) in [4.78, 5) is 0. The molecule has 0 aromatic heterocycles. The van der Waals surface area contributed by atoms with Crippen molar-refractivity contribution in [2.75, 3.05) is 7.11 Å². The number of benzene rings is 1. The largest absolute Gasteiger partial charge is 0.493 e. The molecule has 4 aliphatic carbocycles.